The van der Waals surface area contributed by atoms with Crippen LogP contribution in [-0.4, -0.2) is 9.91 Å². The number of nitrogen functional groups attached to an aromatic ring is 1. The average molecular weight is 221 g/mol. The molecule has 1 aliphatic carbocycles. The summed E-state index contributed by atoms with van der Waals surface area (Å²) < 4.78 is 0. The highest BCUT2D eigenvalue weighted by Crippen LogP contribution is 2.34. The molecule has 1 heterocycles. The molecular formula is C11H15N3O2. The van der Waals surface area contributed by atoms with Gasteiger partial charge in [0.2, 0.25) is 0 Å². The second kappa shape index (κ2) is 4.47. The summed E-state index contributed by atoms with van der Waals surface area (Å²) in [7, 11) is 0. The Morgan fingerprint density at radius 1 is 1.38 bits per heavy atom. The normalized spacial score (nSPS) is 17.2. The number of hydrogen-bond donors (Lipinski definition) is 1. The molecule has 1 fully saturated rings. The van der Waals surface area contributed by atoms with Gasteiger partial charge < -0.3 is 5.73 Å². The number of nitro groups is 1. The number of aromatic nitrogens is 1. The Balaban J connectivity index is 2.24. The molecule has 0 unspecified atom stereocenters. The zero-order chi connectivity index (χ0) is 11.5. The molecule has 0 saturated heterocycles. The topological polar surface area (TPSA) is 82.0 Å². The van der Waals surface area contributed by atoms with Gasteiger partial charge in [0.15, 0.2) is 0 Å². The quantitative estimate of drug-likeness (QED) is 0.614. The minimum absolute atomic E-state index is 0.0305. The molecule has 1 aromatic rings. The number of pyridine rings is 1. The van der Waals surface area contributed by atoms with E-state index in [2.05, 4.69) is 4.98 Å². The first kappa shape index (κ1) is 10.9. The van der Waals surface area contributed by atoms with Crippen molar-refractivity contribution in [2.24, 2.45) is 0 Å². The maximum Gasteiger partial charge on any atom is 0.289 e. The van der Waals surface area contributed by atoms with Crippen molar-refractivity contribution >= 4 is 11.4 Å². The molecule has 0 atom stereocenters. The van der Waals surface area contributed by atoms with Crippen LogP contribution in [0.1, 0.15) is 43.7 Å². The van der Waals surface area contributed by atoms with Crippen LogP contribution in [0, 0.1) is 10.1 Å². The van der Waals surface area contributed by atoms with Crippen molar-refractivity contribution < 1.29 is 4.92 Å². The van der Waals surface area contributed by atoms with E-state index >= 15 is 0 Å². The van der Waals surface area contributed by atoms with Crippen LogP contribution in [0.15, 0.2) is 12.3 Å². The highest BCUT2D eigenvalue weighted by Gasteiger charge is 2.20. The first-order chi connectivity index (χ1) is 7.68. The molecule has 86 valence electrons. The lowest BCUT2D eigenvalue weighted by Gasteiger charge is -2.21. The van der Waals surface area contributed by atoms with Crippen molar-refractivity contribution in [3.8, 4) is 0 Å². The second-order valence-electron chi connectivity index (χ2n) is 4.26. The molecule has 0 amide bonds. The van der Waals surface area contributed by atoms with Crippen LogP contribution in [0.5, 0.6) is 0 Å². The largest absolute Gasteiger partial charge is 0.397 e. The van der Waals surface area contributed by atoms with Crippen molar-refractivity contribution in [3.05, 3.63) is 28.1 Å². The summed E-state index contributed by atoms with van der Waals surface area (Å²) in [5.74, 6) is 0.384. The summed E-state index contributed by atoms with van der Waals surface area (Å²) in [6.07, 6.45) is 7.15. The van der Waals surface area contributed by atoms with E-state index in [1.165, 1.54) is 31.5 Å². The van der Waals surface area contributed by atoms with Gasteiger partial charge in [-0.2, -0.15) is 0 Å². The standard InChI is InChI=1S/C11H15N3O2/c12-10-6-9(14(15)16)7-13-11(10)8-4-2-1-3-5-8/h6-8H,1-5,12H2. The van der Waals surface area contributed by atoms with Gasteiger partial charge in [-0.1, -0.05) is 19.3 Å². The predicted octanol–water partition coefficient (Wildman–Crippen LogP) is 2.62. The molecule has 1 aliphatic rings. The molecule has 2 rings (SSSR count). The van der Waals surface area contributed by atoms with Gasteiger partial charge >= 0.3 is 0 Å². The van der Waals surface area contributed by atoms with Crippen LogP contribution in [0.25, 0.3) is 0 Å². The molecule has 0 radical (unpaired) electrons. The van der Waals surface area contributed by atoms with E-state index in [-0.39, 0.29) is 5.69 Å². The third-order valence-electron chi connectivity index (χ3n) is 3.14. The fourth-order valence-corrected chi connectivity index (χ4v) is 2.30. The molecule has 5 nitrogen and oxygen atoms in total. The maximum atomic E-state index is 10.6. The molecular weight excluding hydrogens is 206 g/mol. The van der Waals surface area contributed by atoms with Gasteiger partial charge in [-0.05, 0) is 12.8 Å². The van der Waals surface area contributed by atoms with Crippen molar-refractivity contribution in [1.29, 1.82) is 0 Å². The molecule has 1 saturated carbocycles. The molecule has 0 spiro atoms. The highest BCUT2D eigenvalue weighted by molar-refractivity contribution is 5.51. The number of nitrogens with zero attached hydrogens (tertiary/aromatic N) is 2. The van der Waals surface area contributed by atoms with Gasteiger partial charge in [0.1, 0.15) is 6.20 Å². The highest BCUT2D eigenvalue weighted by atomic mass is 16.6. The lowest BCUT2D eigenvalue weighted by atomic mass is 9.86. The second-order valence-corrected chi connectivity index (χ2v) is 4.26. The monoisotopic (exact) mass is 221 g/mol. The van der Waals surface area contributed by atoms with Crippen LogP contribution in [0.2, 0.25) is 0 Å². The fourth-order valence-electron chi connectivity index (χ4n) is 2.30. The Morgan fingerprint density at radius 2 is 2.06 bits per heavy atom. The Bertz CT molecular complexity index is 400. The third-order valence-corrected chi connectivity index (χ3v) is 3.14. The van der Waals surface area contributed by atoms with E-state index in [9.17, 15) is 10.1 Å². The lowest BCUT2D eigenvalue weighted by molar-refractivity contribution is -0.385. The Labute approximate surface area is 93.8 Å². The number of nitrogens with two attached hydrogens (primary N) is 1. The zero-order valence-electron chi connectivity index (χ0n) is 9.06. The van der Waals surface area contributed by atoms with Crippen molar-refractivity contribution in [3.63, 3.8) is 0 Å². The summed E-state index contributed by atoms with van der Waals surface area (Å²) in [4.78, 5) is 14.2. The lowest BCUT2D eigenvalue weighted by Crippen LogP contribution is -2.09. The molecule has 1 aromatic heterocycles. The van der Waals surface area contributed by atoms with E-state index in [0.717, 1.165) is 18.5 Å². The van der Waals surface area contributed by atoms with Gasteiger partial charge in [-0.15, -0.1) is 0 Å². The minimum Gasteiger partial charge on any atom is -0.397 e. The maximum absolute atomic E-state index is 10.6. The van der Waals surface area contributed by atoms with Gasteiger partial charge in [-0.3, -0.25) is 15.1 Å². The van der Waals surface area contributed by atoms with E-state index in [0.29, 0.717) is 11.6 Å². The number of rotatable bonds is 2. The van der Waals surface area contributed by atoms with Crippen LogP contribution >= 0.6 is 0 Å². The number of anilines is 1. The van der Waals surface area contributed by atoms with Crippen molar-refractivity contribution in [1.82, 2.24) is 4.98 Å². The SMILES string of the molecule is Nc1cc([N+](=O)[O-])cnc1C1CCCCC1. The Hall–Kier alpha value is -1.65. The first-order valence-corrected chi connectivity index (χ1v) is 5.58. The molecule has 5 heteroatoms. The Morgan fingerprint density at radius 3 is 2.62 bits per heavy atom. The molecule has 2 N–H and O–H groups in total. The van der Waals surface area contributed by atoms with E-state index in [1.54, 1.807) is 0 Å². The number of hydrogen-bond acceptors (Lipinski definition) is 4. The van der Waals surface area contributed by atoms with Gasteiger partial charge in [-0.25, -0.2) is 0 Å². The summed E-state index contributed by atoms with van der Waals surface area (Å²) in [6, 6.07) is 1.41. The predicted molar refractivity (Wildman–Crippen MR) is 61.1 cm³/mol. The molecule has 0 bridgehead atoms. The fraction of sp³-hybridized carbons (Fsp3) is 0.545. The van der Waals surface area contributed by atoms with Gasteiger partial charge in [0, 0.05) is 12.0 Å². The van der Waals surface area contributed by atoms with Crippen LogP contribution < -0.4 is 5.73 Å². The van der Waals surface area contributed by atoms with Crippen molar-refractivity contribution in [2.75, 3.05) is 5.73 Å². The van der Waals surface area contributed by atoms with Gasteiger partial charge in [0.25, 0.3) is 5.69 Å². The van der Waals surface area contributed by atoms with Crippen molar-refractivity contribution in [2.45, 2.75) is 38.0 Å². The van der Waals surface area contributed by atoms with Gasteiger partial charge in [0.05, 0.1) is 16.3 Å². The van der Waals surface area contributed by atoms with Crippen LogP contribution in [-0.2, 0) is 0 Å². The third kappa shape index (κ3) is 2.13. The summed E-state index contributed by atoms with van der Waals surface area (Å²) in [5.41, 5.74) is 7.09. The van der Waals surface area contributed by atoms with E-state index < -0.39 is 4.92 Å². The average Bonchev–Trinajstić information content (AvgIpc) is 2.30. The molecule has 16 heavy (non-hydrogen) atoms. The molecule has 0 aliphatic heterocycles. The summed E-state index contributed by atoms with van der Waals surface area (Å²) in [5, 5.41) is 10.6. The van der Waals surface area contributed by atoms with E-state index in [4.69, 9.17) is 5.73 Å². The van der Waals surface area contributed by atoms with Crippen LogP contribution in [0.4, 0.5) is 11.4 Å². The summed E-state index contributed by atoms with van der Waals surface area (Å²) in [6.45, 7) is 0. The smallest absolute Gasteiger partial charge is 0.289 e. The Kier molecular flexibility index (Phi) is 3.03. The molecule has 0 aromatic carbocycles. The first-order valence-electron chi connectivity index (χ1n) is 5.58. The summed E-state index contributed by atoms with van der Waals surface area (Å²) >= 11 is 0. The van der Waals surface area contributed by atoms with E-state index in [1.807, 2.05) is 0 Å². The zero-order valence-corrected chi connectivity index (χ0v) is 9.06. The minimum atomic E-state index is -0.464. The van der Waals surface area contributed by atoms with Crippen LogP contribution in [0.3, 0.4) is 0 Å².